The molecule has 0 aliphatic carbocycles. The zero-order valence-electron chi connectivity index (χ0n) is 22.1. The fourth-order valence-electron chi connectivity index (χ4n) is 3.47. The molecular formula is C30H35N3O4. The van der Waals surface area contributed by atoms with Gasteiger partial charge in [0, 0.05) is 16.8 Å². The average Bonchev–Trinajstić information content (AvgIpc) is 2.87. The van der Waals surface area contributed by atoms with Gasteiger partial charge < -0.3 is 10.1 Å². The zero-order chi connectivity index (χ0) is 27.0. The van der Waals surface area contributed by atoms with E-state index in [1.54, 1.807) is 60.7 Å². The summed E-state index contributed by atoms with van der Waals surface area (Å²) in [7, 11) is 0. The van der Waals surface area contributed by atoms with Gasteiger partial charge in [-0.25, -0.2) is 0 Å². The van der Waals surface area contributed by atoms with Crippen molar-refractivity contribution in [2.45, 2.75) is 46.5 Å². The molecule has 0 saturated heterocycles. The van der Waals surface area contributed by atoms with E-state index < -0.39 is 11.8 Å². The zero-order valence-corrected chi connectivity index (χ0v) is 22.1. The molecule has 0 aromatic heterocycles. The SMILES string of the molecule is CC(C)CCOc1ccccc1C(=O)NNC(=O)c1ccc(NC(=O)c2ccc(C(C)(C)C)cc2)cc1. The van der Waals surface area contributed by atoms with Crippen molar-refractivity contribution < 1.29 is 19.1 Å². The van der Waals surface area contributed by atoms with E-state index in [4.69, 9.17) is 4.74 Å². The van der Waals surface area contributed by atoms with Gasteiger partial charge in [0.2, 0.25) is 0 Å². The van der Waals surface area contributed by atoms with Gasteiger partial charge in [-0.2, -0.15) is 0 Å². The third kappa shape index (κ3) is 7.93. The van der Waals surface area contributed by atoms with E-state index in [9.17, 15) is 14.4 Å². The Morgan fingerprint density at radius 3 is 1.95 bits per heavy atom. The second kappa shape index (κ2) is 12.2. The van der Waals surface area contributed by atoms with Crippen LogP contribution in [0.25, 0.3) is 0 Å². The van der Waals surface area contributed by atoms with Crippen LogP contribution in [0.2, 0.25) is 0 Å². The molecule has 3 aromatic rings. The van der Waals surface area contributed by atoms with Crippen molar-refractivity contribution in [3.8, 4) is 5.75 Å². The molecule has 0 unspecified atom stereocenters. The van der Waals surface area contributed by atoms with Crippen molar-refractivity contribution in [2.75, 3.05) is 11.9 Å². The Morgan fingerprint density at radius 2 is 1.32 bits per heavy atom. The first-order chi connectivity index (χ1) is 17.5. The average molecular weight is 502 g/mol. The Labute approximate surface area is 218 Å². The predicted octanol–water partition coefficient (Wildman–Crippen LogP) is 5.74. The third-order valence-corrected chi connectivity index (χ3v) is 5.79. The number of nitrogens with one attached hydrogen (secondary N) is 3. The molecule has 3 amide bonds. The molecule has 0 saturated carbocycles. The number of hydrogen-bond donors (Lipinski definition) is 3. The maximum absolute atomic E-state index is 12.6. The lowest BCUT2D eigenvalue weighted by Gasteiger charge is -2.19. The highest BCUT2D eigenvalue weighted by atomic mass is 16.5. The Balaban J connectivity index is 1.55. The van der Waals surface area contributed by atoms with Gasteiger partial charge in [-0.05, 0) is 71.8 Å². The van der Waals surface area contributed by atoms with E-state index in [-0.39, 0.29) is 11.3 Å². The Morgan fingerprint density at radius 1 is 0.757 bits per heavy atom. The van der Waals surface area contributed by atoms with Crippen molar-refractivity contribution >= 4 is 23.4 Å². The molecule has 0 heterocycles. The fourth-order valence-corrected chi connectivity index (χ4v) is 3.47. The van der Waals surface area contributed by atoms with Crippen LogP contribution >= 0.6 is 0 Å². The maximum atomic E-state index is 12.6. The van der Waals surface area contributed by atoms with Crippen molar-refractivity contribution in [1.29, 1.82) is 0 Å². The topological polar surface area (TPSA) is 96.5 Å². The fraction of sp³-hybridized carbons (Fsp3) is 0.300. The standard InChI is InChI=1S/C30H35N3O4/c1-20(2)18-19-37-26-9-7-6-8-25(26)29(36)33-32-28(35)22-12-16-24(17-13-22)31-27(34)21-10-14-23(15-11-21)30(3,4)5/h6-17,20H,18-19H2,1-5H3,(H,31,34)(H,32,35)(H,33,36). The molecular weight excluding hydrogens is 466 g/mol. The van der Waals surface area contributed by atoms with E-state index in [0.717, 1.165) is 12.0 Å². The minimum absolute atomic E-state index is 0.00942. The lowest BCUT2D eigenvalue weighted by atomic mass is 9.87. The summed E-state index contributed by atoms with van der Waals surface area (Å²) in [5, 5.41) is 2.83. The van der Waals surface area contributed by atoms with Crippen LogP contribution in [0.4, 0.5) is 5.69 Å². The summed E-state index contributed by atoms with van der Waals surface area (Å²) in [6, 6.07) is 20.8. The first-order valence-corrected chi connectivity index (χ1v) is 12.4. The lowest BCUT2D eigenvalue weighted by molar-refractivity contribution is 0.0844. The van der Waals surface area contributed by atoms with Crippen molar-refractivity contribution in [1.82, 2.24) is 10.9 Å². The molecule has 3 aromatic carbocycles. The van der Waals surface area contributed by atoms with E-state index in [1.165, 1.54) is 0 Å². The summed E-state index contributed by atoms with van der Waals surface area (Å²) >= 11 is 0. The summed E-state index contributed by atoms with van der Waals surface area (Å²) in [5.74, 6) is -0.251. The van der Waals surface area contributed by atoms with Gasteiger partial charge in [-0.1, -0.05) is 58.9 Å². The second-order valence-corrected chi connectivity index (χ2v) is 10.3. The van der Waals surface area contributed by atoms with Gasteiger partial charge >= 0.3 is 0 Å². The molecule has 0 atom stereocenters. The van der Waals surface area contributed by atoms with Crippen LogP contribution in [0.3, 0.4) is 0 Å². The first kappa shape index (κ1) is 27.5. The molecule has 0 radical (unpaired) electrons. The Bertz CT molecular complexity index is 1230. The van der Waals surface area contributed by atoms with Crippen molar-refractivity contribution in [2.24, 2.45) is 5.92 Å². The number of para-hydroxylation sites is 1. The third-order valence-electron chi connectivity index (χ3n) is 5.79. The molecule has 7 nitrogen and oxygen atoms in total. The highest BCUT2D eigenvalue weighted by Gasteiger charge is 2.16. The van der Waals surface area contributed by atoms with Gasteiger partial charge in [0.05, 0.1) is 12.2 Å². The predicted molar refractivity (Wildman–Crippen MR) is 146 cm³/mol. The molecule has 0 fully saturated rings. The van der Waals surface area contributed by atoms with Crippen LogP contribution in [0.1, 0.15) is 77.7 Å². The van der Waals surface area contributed by atoms with Crippen molar-refractivity contribution in [3.05, 3.63) is 95.1 Å². The van der Waals surface area contributed by atoms with E-state index in [0.29, 0.717) is 40.7 Å². The number of hydrazine groups is 1. The number of anilines is 1. The van der Waals surface area contributed by atoms with Crippen LogP contribution < -0.4 is 20.9 Å². The van der Waals surface area contributed by atoms with E-state index in [2.05, 4.69) is 50.8 Å². The summed E-state index contributed by atoms with van der Waals surface area (Å²) < 4.78 is 5.75. The number of ether oxygens (including phenoxy) is 1. The van der Waals surface area contributed by atoms with Gasteiger partial charge in [0.15, 0.2) is 0 Å². The molecule has 3 N–H and O–H groups in total. The molecule has 0 aliphatic heterocycles. The number of benzene rings is 3. The first-order valence-electron chi connectivity index (χ1n) is 12.4. The summed E-state index contributed by atoms with van der Waals surface area (Å²) in [4.78, 5) is 37.8. The molecule has 194 valence electrons. The highest BCUT2D eigenvalue weighted by Crippen LogP contribution is 2.23. The highest BCUT2D eigenvalue weighted by molar-refractivity contribution is 6.05. The van der Waals surface area contributed by atoms with Crippen LogP contribution in [0.15, 0.2) is 72.8 Å². The number of carbonyl (C=O) groups is 3. The Hall–Kier alpha value is -4.13. The van der Waals surface area contributed by atoms with E-state index in [1.807, 2.05) is 12.1 Å². The van der Waals surface area contributed by atoms with Crippen LogP contribution in [-0.4, -0.2) is 24.3 Å². The van der Waals surface area contributed by atoms with Crippen molar-refractivity contribution in [3.63, 3.8) is 0 Å². The van der Waals surface area contributed by atoms with Crippen LogP contribution in [0.5, 0.6) is 5.75 Å². The minimum Gasteiger partial charge on any atom is -0.493 e. The molecule has 3 rings (SSSR count). The Kier molecular flexibility index (Phi) is 9.06. The monoisotopic (exact) mass is 501 g/mol. The van der Waals surface area contributed by atoms with Crippen LogP contribution in [-0.2, 0) is 5.41 Å². The summed E-state index contributed by atoms with van der Waals surface area (Å²) in [6.07, 6.45) is 0.868. The summed E-state index contributed by atoms with van der Waals surface area (Å²) in [5.41, 5.74) is 7.77. The molecule has 0 bridgehead atoms. The molecule has 0 aliphatic rings. The minimum atomic E-state index is -0.484. The lowest BCUT2D eigenvalue weighted by Crippen LogP contribution is -2.41. The molecule has 0 spiro atoms. The van der Waals surface area contributed by atoms with Gasteiger partial charge in [-0.15, -0.1) is 0 Å². The van der Waals surface area contributed by atoms with Gasteiger partial charge in [0.1, 0.15) is 5.75 Å². The number of amides is 3. The maximum Gasteiger partial charge on any atom is 0.273 e. The number of rotatable bonds is 8. The number of hydrogen-bond acceptors (Lipinski definition) is 4. The van der Waals surface area contributed by atoms with E-state index >= 15 is 0 Å². The van der Waals surface area contributed by atoms with Crippen LogP contribution in [0, 0.1) is 5.92 Å². The smallest absolute Gasteiger partial charge is 0.273 e. The molecule has 37 heavy (non-hydrogen) atoms. The second-order valence-electron chi connectivity index (χ2n) is 10.3. The van der Waals surface area contributed by atoms with Gasteiger partial charge in [0.25, 0.3) is 17.7 Å². The van der Waals surface area contributed by atoms with Gasteiger partial charge in [-0.3, -0.25) is 25.2 Å². The number of carbonyl (C=O) groups excluding carboxylic acids is 3. The summed E-state index contributed by atoms with van der Waals surface area (Å²) in [6.45, 7) is 11.1. The quantitative estimate of drug-likeness (QED) is 0.343. The molecule has 7 heteroatoms. The largest absolute Gasteiger partial charge is 0.493 e. The normalized spacial score (nSPS) is 11.1.